The molecule has 0 aliphatic carbocycles. The number of nitrogens with zero attached hydrogens (tertiary/aromatic N) is 1. The van der Waals surface area contributed by atoms with E-state index in [1.165, 1.54) is 5.56 Å². The van der Waals surface area contributed by atoms with Gasteiger partial charge in [-0.1, -0.05) is 67.9 Å². The summed E-state index contributed by atoms with van der Waals surface area (Å²) >= 11 is 6.34. The van der Waals surface area contributed by atoms with Gasteiger partial charge in [0.1, 0.15) is 6.04 Å². The largest absolute Gasteiger partial charge is 0.350 e. The molecule has 168 valence electrons. The number of rotatable bonds is 8. The standard InChI is InChI=1S/C26H35ClN2O2/c1-18(2)21-14-11-20(12-15-21)13-16-24(30)29(17-22-9-7-8-10-23(22)27)19(3)25(31)28-26(4,5)6/h7-12,14-15,18-19H,13,16-17H2,1-6H3,(H,28,31)/t19-/m0/s1. The van der Waals surface area contributed by atoms with Crippen LogP contribution in [-0.4, -0.2) is 28.3 Å². The Morgan fingerprint density at radius 3 is 2.16 bits per heavy atom. The summed E-state index contributed by atoms with van der Waals surface area (Å²) in [7, 11) is 0. The molecule has 1 N–H and O–H groups in total. The van der Waals surface area contributed by atoms with Gasteiger partial charge < -0.3 is 10.2 Å². The predicted octanol–water partition coefficient (Wildman–Crippen LogP) is 5.73. The summed E-state index contributed by atoms with van der Waals surface area (Å²) in [6.07, 6.45) is 0.961. The Balaban J connectivity index is 2.16. The third-order valence-electron chi connectivity index (χ3n) is 5.24. The van der Waals surface area contributed by atoms with Gasteiger partial charge in [-0.15, -0.1) is 0 Å². The van der Waals surface area contributed by atoms with Crippen LogP contribution in [0.4, 0.5) is 0 Å². The number of hydrogen-bond acceptors (Lipinski definition) is 2. The molecule has 0 aliphatic heterocycles. The third-order valence-corrected chi connectivity index (χ3v) is 5.61. The molecule has 2 aromatic rings. The highest BCUT2D eigenvalue weighted by Crippen LogP contribution is 2.20. The maximum Gasteiger partial charge on any atom is 0.242 e. The van der Waals surface area contributed by atoms with Crippen LogP contribution < -0.4 is 5.32 Å². The fourth-order valence-electron chi connectivity index (χ4n) is 3.33. The molecular formula is C26H35ClN2O2. The third kappa shape index (κ3) is 7.70. The molecule has 31 heavy (non-hydrogen) atoms. The van der Waals surface area contributed by atoms with Gasteiger partial charge in [0.05, 0.1) is 0 Å². The highest BCUT2D eigenvalue weighted by molar-refractivity contribution is 6.31. The van der Waals surface area contributed by atoms with E-state index in [2.05, 4.69) is 43.4 Å². The van der Waals surface area contributed by atoms with Gasteiger partial charge in [0.25, 0.3) is 0 Å². The van der Waals surface area contributed by atoms with Gasteiger partial charge >= 0.3 is 0 Å². The molecule has 0 saturated carbocycles. The number of benzene rings is 2. The van der Waals surface area contributed by atoms with Crippen LogP contribution in [0.25, 0.3) is 0 Å². The van der Waals surface area contributed by atoms with Crippen molar-refractivity contribution >= 4 is 23.4 Å². The minimum atomic E-state index is -0.605. The first-order valence-corrected chi connectivity index (χ1v) is 11.3. The molecule has 0 aromatic heterocycles. The molecule has 2 amide bonds. The monoisotopic (exact) mass is 442 g/mol. The summed E-state index contributed by atoms with van der Waals surface area (Å²) in [5.74, 6) is 0.238. The van der Waals surface area contributed by atoms with E-state index in [-0.39, 0.29) is 17.4 Å². The van der Waals surface area contributed by atoms with E-state index < -0.39 is 6.04 Å². The number of aryl methyl sites for hydroxylation is 1. The molecule has 0 saturated heterocycles. The van der Waals surface area contributed by atoms with E-state index in [1.807, 2.05) is 39.0 Å². The quantitative estimate of drug-likeness (QED) is 0.567. The normalized spacial score (nSPS) is 12.5. The molecule has 0 aliphatic rings. The van der Waals surface area contributed by atoms with Crippen molar-refractivity contribution < 1.29 is 9.59 Å². The number of nitrogens with one attached hydrogen (secondary N) is 1. The lowest BCUT2D eigenvalue weighted by Gasteiger charge is -2.31. The molecule has 1 atom stereocenters. The topological polar surface area (TPSA) is 49.4 Å². The van der Waals surface area contributed by atoms with Gasteiger partial charge in [-0.25, -0.2) is 0 Å². The van der Waals surface area contributed by atoms with Gasteiger partial charge in [-0.3, -0.25) is 9.59 Å². The van der Waals surface area contributed by atoms with Crippen molar-refractivity contribution in [2.45, 2.75) is 78.4 Å². The second kappa shape index (κ2) is 10.8. The van der Waals surface area contributed by atoms with Gasteiger partial charge in [-0.2, -0.15) is 0 Å². The minimum Gasteiger partial charge on any atom is -0.350 e. The first kappa shape index (κ1) is 24.9. The van der Waals surface area contributed by atoms with Crippen LogP contribution in [0.2, 0.25) is 5.02 Å². The van der Waals surface area contributed by atoms with Gasteiger partial charge in [0, 0.05) is 23.5 Å². The van der Waals surface area contributed by atoms with Crippen molar-refractivity contribution in [3.05, 3.63) is 70.2 Å². The maximum atomic E-state index is 13.2. The van der Waals surface area contributed by atoms with Crippen LogP contribution in [0.1, 0.15) is 70.6 Å². The number of carbonyl (C=O) groups excluding carboxylic acids is 2. The molecular weight excluding hydrogens is 408 g/mol. The van der Waals surface area contributed by atoms with Crippen LogP contribution in [0.3, 0.4) is 0 Å². The van der Waals surface area contributed by atoms with E-state index >= 15 is 0 Å². The second-order valence-electron chi connectivity index (χ2n) is 9.42. The van der Waals surface area contributed by atoms with Crippen molar-refractivity contribution in [2.75, 3.05) is 0 Å². The van der Waals surface area contributed by atoms with E-state index in [1.54, 1.807) is 17.9 Å². The Morgan fingerprint density at radius 2 is 1.61 bits per heavy atom. The minimum absolute atomic E-state index is 0.0654. The average molecular weight is 443 g/mol. The SMILES string of the molecule is CC(C)c1ccc(CCC(=O)N(Cc2ccccc2Cl)[C@@H](C)C(=O)NC(C)(C)C)cc1. The van der Waals surface area contributed by atoms with Crippen molar-refractivity contribution in [2.24, 2.45) is 0 Å². The molecule has 2 rings (SSSR count). The number of halogens is 1. The van der Waals surface area contributed by atoms with Crippen molar-refractivity contribution in [3.63, 3.8) is 0 Å². The van der Waals surface area contributed by atoms with E-state index in [4.69, 9.17) is 11.6 Å². The summed E-state index contributed by atoms with van der Waals surface area (Å²) in [6.45, 7) is 12.2. The molecule has 4 nitrogen and oxygen atoms in total. The lowest BCUT2D eigenvalue weighted by Crippen LogP contribution is -2.52. The highest BCUT2D eigenvalue weighted by Gasteiger charge is 2.28. The second-order valence-corrected chi connectivity index (χ2v) is 9.83. The van der Waals surface area contributed by atoms with Crippen LogP contribution in [0, 0.1) is 0 Å². The van der Waals surface area contributed by atoms with E-state index in [0.717, 1.165) is 11.1 Å². The zero-order valence-corrected chi connectivity index (χ0v) is 20.3. The lowest BCUT2D eigenvalue weighted by molar-refractivity contribution is -0.141. The first-order valence-electron chi connectivity index (χ1n) is 10.9. The average Bonchev–Trinajstić information content (AvgIpc) is 2.70. The molecule has 2 aromatic carbocycles. The summed E-state index contributed by atoms with van der Waals surface area (Å²) in [6, 6.07) is 15.2. The number of amides is 2. The van der Waals surface area contributed by atoms with Crippen LogP contribution in [0.15, 0.2) is 48.5 Å². The Kier molecular flexibility index (Phi) is 8.69. The summed E-state index contributed by atoms with van der Waals surface area (Å²) in [5.41, 5.74) is 2.85. The molecule has 0 heterocycles. The van der Waals surface area contributed by atoms with E-state index in [9.17, 15) is 9.59 Å². The maximum absolute atomic E-state index is 13.2. The van der Waals surface area contributed by atoms with Gasteiger partial charge in [-0.05, 0) is 62.8 Å². The molecule has 0 radical (unpaired) electrons. The predicted molar refractivity (Wildman–Crippen MR) is 128 cm³/mol. The van der Waals surface area contributed by atoms with Gasteiger partial charge in [0.15, 0.2) is 0 Å². The molecule has 5 heteroatoms. The summed E-state index contributed by atoms with van der Waals surface area (Å²) in [5, 5.41) is 3.57. The summed E-state index contributed by atoms with van der Waals surface area (Å²) in [4.78, 5) is 27.7. The fraction of sp³-hybridized carbons (Fsp3) is 0.462. The van der Waals surface area contributed by atoms with Crippen LogP contribution >= 0.6 is 11.6 Å². The zero-order valence-electron chi connectivity index (χ0n) is 19.5. The number of carbonyl (C=O) groups is 2. The smallest absolute Gasteiger partial charge is 0.242 e. The van der Waals surface area contributed by atoms with Crippen molar-refractivity contribution in [1.82, 2.24) is 10.2 Å². The van der Waals surface area contributed by atoms with Crippen LogP contribution in [-0.2, 0) is 22.6 Å². The summed E-state index contributed by atoms with van der Waals surface area (Å²) < 4.78 is 0. The number of hydrogen-bond donors (Lipinski definition) is 1. The van der Waals surface area contributed by atoms with Crippen LogP contribution in [0.5, 0.6) is 0 Å². The molecule has 0 bridgehead atoms. The van der Waals surface area contributed by atoms with Crippen molar-refractivity contribution in [1.29, 1.82) is 0 Å². The molecule has 0 spiro atoms. The zero-order chi connectivity index (χ0) is 23.2. The Morgan fingerprint density at radius 1 is 1.00 bits per heavy atom. The highest BCUT2D eigenvalue weighted by atomic mass is 35.5. The van der Waals surface area contributed by atoms with Crippen molar-refractivity contribution in [3.8, 4) is 0 Å². The lowest BCUT2D eigenvalue weighted by atomic mass is 10.00. The molecule has 0 fully saturated rings. The Labute approximate surface area is 192 Å². The van der Waals surface area contributed by atoms with Gasteiger partial charge in [0.2, 0.25) is 11.8 Å². The molecule has 0 unspecified atom stereocenters. The van der Waals surface area contributed by atoms with E-state index in [0.29, 0.717) is 30.3 Å². The fourth-order valence-corrected chi connectivity index (χ4v) is 3.53. The Hall–Kier alpha value is -2.33. The Bertz CT molecular complexity index is 885. The first-order chi connectivity index (χ1) is 14.5.